The lowest BCUT2D eigenvalue weighted by Crippen LogP contribution is -2.58. The van der Waals surface area contributed by atoms with Gasteiger partial charge in [-0.3, -0.25) is 4.99 Å². The second-order valence-electron chi connectivity index (χ2n) is 6.80. The van der Waals surface area contributed by atoms with Gasteiger partial charge in [0, 0.05) is 37.8 Å². The summed E-state index contributed by atoms with van der Waals surface area (Å²) in [4.78, 5) is 8.63. The van der Waals surface area contributed by atoms with E-state index >= 15 is 0 Å². The molecule has 8 nitrogen and oxygen atoms in total. The van der Waals surface area contributed by atoms with Crippen LogP contribution in [0.1, 0.15) is 12.8 Å². The number of fused-ring (bicyclic) bond motifs is 2. The zero-order chi connectivity index (χ0) is 18.3. The molecule has 136 valence electrons. The van der Waals surface area contributed by atoms with E-state index in [1.807, 2.05) is 18.2 Å². The molecule has 0 saturated carbocycles. The number of guanidine groups is 1. The van der Waals surface area contributed by atoms with E-state index in [1.165, 1.54) is 0 Å². The zero-order valence-corrected chi connectivity index (χ0v) is 14.7. The number of para-hydroxylation sites is 1. The molecule has 2 aromatic rings. The Morgan fingerprint density at radius 1 is 1.19 bits per heavy atom. The Morgan fingerprint density at radius 2 is 1.88 bits per heavy atom. The summed E-state index contributed by atoms with van der Waals surface area (Å²) >= 11 is 0. The van der Waals surface area contributed by atoms with Crippen molar-refractivity contribution in [2.24, 2.45) is 10.7 Å². The van der Waals surface area contributed by atoms with Crippen molar-refractivity contribution in [2.45, 2.75) is 24.9 Å². The number of aliphatic imine (C=N–C) groups is 1. The number of hydrogen-bond acceptors (Lipinski definition) is 6. The van der Waals surface area contributed by atoms with E-state index in [2.05, 4.69) is 25.0 Å². The van der Waals surface area contributed by atoms with E-state index in [9.17, 15) is 5.11 Å². The average Bonchev–Trinajstić information content (AvgIpc) is 2.92. The van der Waals surface area contributed by atoms with E-state index in [1.54, 1.807) is 19.2 Å². The van der Waals surface area contributed by atoms with Gasteiger partial charge in [-0.05, 0) is 31.0 Å². The van der Waals surface area contributed by atoms with Crippen LogP contribution in [0, 0.1) is 0 Å². The van der Waals surface area contributed by atoms with Crippen LogP contribution >= 0.6 is 0 Å². The number of benzene rings is 1. The maximum atomic E-state index is 10.1. The molecule has 2 fully saturated rings. The highest BCUT2D eigenvalue weighted by molar-refractivity contribution is 5.80. The third-order valence-electron chi connectivity index (χ3n) is 5.30. The number of hydrogen-bond donors (Lipinski definition) is 3. The van der Waals surface area contributed by atoms with Crippen molar-refractivity contribution in [1.82, 2.24) is 15.1 Å². The molecule has 0 spiro atoms. The molecule has 8 heteroatoms. The molecule has 2 aliphatic heterocycles. The minimum absolute atomic E-state index is 0.175. The van der Waals surface area contributed by atoms with Crippen LogP contribution in [0.4, 0.5) is 11.5 Å². The van der Waals surface area contributed by atoms with Crippen molar-refractivity contribution in [3.05, 3.63) is 30.3 Å². The van der Waals surface area contributed by atoms with Crippen LogP contribution in [0.5, 0.6) is 5.75 Å². The topological polar surface area (TPSA) is 117 Å². The Morgan fingerprint density at radius 3 is 2.54 bits per heavy atom. The highest BCUT2D eigenvalue weighted by Gasteiger charge is 2.41. The number of anilines is 2. The van der Waals surface area contributed by atoms with E-state index < -0.39 is 0 Å². The lowest BCUT2D eigenvalue weighted by molar-refractivity contribution is 0.273. The maximum Gasteiger partial charge on any atom is 0.191 e. The molecule has 2 atom stereocenters. The molecule has 3 heterocycles. The molecule has 0 radical (unpaired) electrons. The van der Waals surface area contributed by atoms with Crippen molar-refractivity contribution in [2.75, 3.05) is 30.8 Å². The van der Waals surface area contributed by atoms with E-state index in [0.29, 0.717) is 35.1 Å². The van der Waals surface area contributed by atoms with Crippen LogP contribution in [0.25, 0.3) is 11.3 Å². The molecule has 26 heavy (non-hydrogen) atoms. The fourth-order valence-corrected chi connectivity index (χ4v) is 4.06. The van der Waals surface area contributed by atoms with Gasteiger partial charge in [0.1, 0.15) is 5.75 Å². The Hall–Kier alpha value is -3.03. The first-order chi connectivity index (χ1) is 12.6. The Labute approximate surface area is 152 Å². The zero-order valence-electron chi connectivity index (χ0n) is 14.7. The van der Waals surface area contributed by atoms with Gasteiger partial charge in [-0.25, -0.2) is 0 Å². The number of piperazine rings is 1. The number of aromatic hydroxyl groups is 1. The first-order valence-electron chi connectivity index (χ1n) is 8.75. The molecule has 1 aromatic heterocycles. The predicted molar refractivity (Wildman–Crippen MR) is 102 cm³/mol. The van der Waals surface area contributed by atoms with Crippen molar-refractivity contribution in [3.63, 3.8) is 0 Å². The molecule has 2 bridgehead atoms. The smallest absolute Gasteiger partial charge is 0.191 e. The summed E-state index contributed by atoms with van der Waals surface area (Å²) in [5.74, 6) is 1.18. The highest BCUT2D eigenvalue weighted by Crippen LogP contribution is 2.36. The number of phenols is 1. The monoisotopic (exact) mass is 353 g/mol. The molecule has 0 aliphatic carbocycles. The quantitative estimate of drug-likeness (QED) is 0.545. The minimum atomic E-state index is 0.175. The Kier molecular flexibility index (Phi) is 4.02. The van der Waals surface area contributed by atoms with Crippen molar-refractivity contribution in [1.29, 1.82) is 0 Å². The van der Waals surface area contributed by atoms with Crippen LogP contribution in [-0.2, 0) is 0 Å². The number of nitrogens with two attached hydrogens (primary N) is 2. The van der Waals surface area contributed by atoms with Gasteiger partial charge in [0.15, 0.2) is 11.8 Å². The van der Waals surface area contributed by atoms with Gasteiger partial charge in [0.25, 0.3) is 0 Å². The molecule has 2 saturated heterocycles. The number of rotatable bonds is 2. The largest absolute Gasteiger partial charge is 0.507 e. The summed E-state index contributed by atoms with van der Waals surface area (Å²) in [6.07, 6.45) is 2.17. The summed E-state index contributed by atoms with van der Waals surface area (Å²) in [7, 11) is 1.73. The van der Waals surface area contributed by atoms with Crippen LogP contribution in [0.3, 0.4) is 0 Å². The molecular weight excluding hydrogens is 330 g/mol. The van der Waals surface area contributed by atoms with E-state index in [4.69, 9.17) is 11.5 Å². The average molecular weight is 353 g/mol. The van der Waals surface area contributed by atoms with Crippen molar-refractivity contribution < 1.29 is 5.11 Å². The van der Waals surface area contributed by atoms with Crippen LogP contribution < -0.4 is 16.4 Å². The fraction of sp³-hybridized carbons (Fsp3) is 0.389. The number of nitrogens with zero attached hydrogens (tertiary/aromatic N) is 5. The molecule has 2 aliphatic rings. The molecule has 0 amide bonds. The minimum Gasteiger partial charge on any atom is -0.507 e. The third-order valence-corrected chi connectivity index (χ3v) is 5.30. The van der Waals surface area contributed by atoms with Gasteiger partial charge >= 0.3 is 0 Å². The SMILES string of the molecule is CN=C(N)N1[C@@H]2CC[C@H]1CN(c1cc(-c3ccccc3O)nnc1N)C2. The van der Waals surface area contributed by atoms with Gasteiger partial charge in [-0.15, -0.1) is 10.2 Å². The maximum absolute atomic E-state index is 10.1. The van der Waals surface area contributed by atoms with Crippen LogP contribution in [0.2, 0.25) is 0 Å². The van der Waals surface area contributed by atoms with Gasteiger partial charge in [0.2, 0.25) is 0 Å². The highest BCUT2D eigenvalue weighted by atomic mass is 16.3. The predicted octanol–water partition coefficient (Wildman–Crippen LogP) is 1.03. The first kappa shape index (κ1) is 16.4. The first-order valence-corrected chi connectivity index (χ1v) is 8.75. The number of phenolic OH excluding ortho intramolecular Hbond substituents is 1. The fourth-order valence-electron chi connectivity index (χ4n) is 4.06. The van der Waals surface area contributed by atoms with Gasteiger partial charge in [-0.1, -0.05) is 12.1 Å². The standard InChI is InChI=1S/C18H23N7O/c1-21-18(20)25-11-6-7-12(25)10-24(9-11)15-8-14(22-23-17(15)19)13-4-2-3-5-16(13)26/h2-5,8,11-12,26H,6-7,9-10H2,1H3,(H2,19,23)(H2,20,21)/t11-,12+. The van der Waals surface area contributed by atoms with Crippen molar-refractivity contribution >= 4 is 17.5 Å². The lowest BCUT2D eigenvalue weighted by atomic mass is 10.1. The summed E-state index contributed by atoms with van der Waals surface area (Å²) in [5, 5.41) is 18.4. The molecule has 4 rings (SSSR count). The molecular formula is C18H23N7O. The summed E-state index contributed by atoms with van der Waals surface area (Å²) in [6.45, 7) is 1.62. The van der Waals surface area contributed by atoms with Crippen molar-refractivity contribution in [3.8, 4) is 17.0 Å². The lowest BCUT2D eigenvalue weighted by Gasteiger charge is -2.42. The summed E-state index contributed by atoms with van der Waals surface area (Å²) in [5.41, 5.74) is 14.3. The second kappa shape index (κ2) is 6.36. The number of aromatic nitrogens is 2. The third kappa shape index (κ3) is 2.67. The second-order valence-corrected chi connectivity index (χ2v) is 6.80. The Balaban J connectivity index is 1.65. The van der Waals surface area contributed by atoms with Gasteiger partial charge in [0.05, 0.1) is 11.4 Å². The normalized spacial score (nSPS) is 22.7. The molecule has 5 N–H and O–H groups in total. The molecule has 0 unspecified atom stereocenters. The van der Waals surface area contributed by atoms with E-state index in [0.717, 1.165) is 31.6 Å². The Bertz CT molecular complexity index is 839. The summed E-state index contributed by atoms with van der Waals surface area (Å²) < 4.78 is 0. The summed E-state index contributed by atoms with van der Waals surface area (Å²) in [6, 6.07) is 9.64. The van der Waals surface area contributed by atoms with Crippen LogP contribution in [-0.4, -0.2) is 58.4 Å². The van der Waals surface area contributed by atoms with Crippen LogP contribution in [0.15, 0.2) is 35.3 Å². The molecule has 1 aromatic carbocycles. The van der Waals surface area contributed by atoms with E-state index in [-0.39, 0.29) is 5.75 Å². The number of nitrogen functional groups attached to an aromatic ring is 1. The van der Waals surface area contributed by atoms with Gasteiger partial charge < -0.3 is 26.4 Å². The van der Waals surface area contributed by atoms with Gasteiger partial charge in [-0.2, -0.15) is 0 Å².